The van der Waals surface area contributed by atoms with Gasteiger partial charge in [0, 0.05) is 5.56 Å². The molecular weight excluding hydrogens is 272 g/mol. The normalized spacial score (nSPS) is 9.95. The molecular formula is C16H14O5. The molecule has 0 heterocycles. The zero-order valence-corrected chi connectivity index (χ0v) is 11.4. The van der Waals surface area contributed by atoms with Gasteiger partial charge in [-0.15, -0.1) is 0 Å². The lowest BCUT2D eigenvalue weighted by Gasteiger charge is -2.11. The highest BCUT2D eigenvalue weighted by Gasteiger charge is 2.08. The van der Waals surface area contributed by atoms with Crippen molar-refractivity contribution in [1.82, 2.24) is 0 Å². The number of ether oxygens (including phenoxy) is 2. The van der Waals surface area contributed by atoms with Crippen LogP contribution in [0.5, 0.6) is 17.2 Å². The van der Waals surface area contributed by atoms with Gasteiger partial charge < -0.3 is 14.6 Å². The van der Waals surface area contributed by atoms with Gasteiger partial charge in [0.25, 0.3) is 0 Å². The van der Waals surface area contributed by atoms with Gasteiger partial charge in [-0.05, 0) is 31.2 Å². The summed E-state index contributed by atoms with van der Waals surface area (Å²) < 4.78 is 10.8. The van der Waals surface area contributed by atoms with Gasteiger partial charge in [0.15, 0.2) is 23.9 Å². The predicted molar refractivity (Wildman–Crippen MR) is 76.1 cm³/mol. The van der Waals surface area contributed by atoms with Crippen LogP contribution in [0.4, 0.5) is 0 Å². The molecule has 0 aliphatic rings. The Balaban J connectivity index is 2.21. The van der Waals surface area contributed by atoms with Crippen LogP contribution >= 0.6 is 0 Å². The Bertz CT molecular complexity index is 663. The van der Waals surface area contributed by atoms with E-state index in [0.29, 0.717) is 22.8 Å². The second kappa shape index (κ2) is 6.56. The summed E-state index contributed by atoms with van der Waals surface area (Å²) in [4.78, 5) is 21.9. The molecule has 2 rings (SSSR count). The maximum Gasteiger partial charge on any atom is 0.341 e. The number of aliphatic carboxylic acids is 1. The quantitative estimate of drug-likeness (QED) is 0.826. The van der Waals surface area contributed by atoms with Crippen molar-refractivity contribution in [3.05, 3.63) is 54.1 Å². The average Bonchev–Trinajstić information content (AvgIpc) is 2.46. The largest absolute Gasteiger partial charge is 0.479 e. The van der Waals surface area contributed by atoms with Crippen LogP contribution in [0.1, 0.15) is 17.3 Å². The maximum absolute atomic E-state index is 11.3. The summed E-state index contributed by atoms with van der Waals surface area (Å²) in [6.07, 6.45) is 0. The van der Waals surface area contributed by atoms with Crippen molar-refractivity contribution in [2.75, 3.05) is 6.61 Å². The fourth-order valence-corrected chi connectivity index (χ4v) is 1.70. The van der Waals surface area contributed by atoms with Gasteiger partial charge in [0.05, 0.1) is 0 Å². The smallest absolute Gasteiger partial charge is 0.341 e. The van der Waals surface area contributed by atoms with E-state index in [0.717, 1.165) is 0 Å². The molecule has 0 spiro atoms. The summed E-state index contributed by atoms with van der Waals surface area (Å²) in [6, 6.07) is 13.5. The highest BCUT2D eigenvalue weighted by molar-refractivity contribution is 5.94. The summed E-state index contributed by atoms with van der Waals surface area (Å²) >= 11 is 0. The van der Waals surface area contributed by atoms with Gasteiger partial charge in [-0.3, -0.25) is 4.79 Å². The van der Waals surface area contributed by atoms with E-state index in [1.54, 1.807) is 48.5 Å². The predicted octanol–water partition coefficient (Wildman–Crippen LogP) is 3.14. The van der Waals surface area contributed by atoms with Crippen LogP contribution in [-0.2, 0) is 4.79 Å². The number of rotatable bonds is 6. The standard InChI is InChI=1S/C16H14O5/c1-11(17)12-5-4-6-13(9-12)21-15-8-3-2-7-14(15)20-10-16(18)19/h2-9H,10H2,1H3,(H,18,19). The Hall–Kier alpha value is -2.82. The molecule has 2 aromatic rings. The molecule has 2 aromatic carbocycles. The van der Waals surface area contributed by atoms with Crippen LogP contribution in [0.25, 0.3) is 0 Å². The summed E-state index contributed by atoms with van der Waals surface area (Å²) in [7, 11) is 0. The first-order valence-corrected chi connectivity index (χ1v) is 6.29. The second-order valence-corrected chi connectivity index (χ2v) is 4.32. The first-order chi connectivity index (χ1) is 10.1. The third-order valence-electron chi connectivity index (χ3n) is 2.67. The summed E-state index contributed by atoms with van der Waals surface area (Å²) in [5, 5.41) is 8.65. The molecule has 21 heavy (non-hydrogen) atoms. The van der Waals surface area contributed by atoms with Crippen molar-refractivity contribution in [3.8, 4) is 17.2 Å². The van der Waals surface area contributed by atoms with E-state index >= 15 is 0 Å². The SMILES string of the molecule is CC(=O)c1cccc(Oc2ccccc2OCC(=O)O)c1. The number of ketones is 1. The molecule has 0 atom stereocenters. The Kier molecular flexibility index (Phi) is 4.56. The fourth-order valence-electron chi connectivity index (χ4n) is 1.70. The van der Waals surface area contributed by atoms with Crippen molar-refractivity contribution in [3.63, 3.8) is 0 Å². The lowest BCUT2D eigenvalue weighted by atomic mass is 10.1. The summed E-state index contributed by atoms with van der Waals surface area (Å²) in [5.41, 5.74) is 0.538. The van der Waals surface area contributed by atoms with Crippen LogP contribution in [0, 0.1) is 0 Å². The van der Waals surface area contributed by atoms with Crippen LogP contribution in [0.15, 0.2) is 48.5 Å². The molecule has 0 amide bonds. The van der Waals surface area contributed by atoms with Crippen LogP contribution in [0.2, 0.25) is 0 Å². The second-order valence-electron chi connectivity index (χ2n) is 4.32. The molecule has 0 aromatic heterocycles. The number of hydrogen-bond donors (Lipinski definition) is 1. The number of benzene rings is 2. The summed E-state index contributed by atoms with van der Waals surface area (Å²) in [6.45, 7) is 1.02. The first-order valence-electron chi connectivity index (χ1n) is 6.29. The number of carboxylic acids is 1. The molecule has 5 nitrogen and oxygen atoms in total. The molecule has 0 saturated heterocycles. The number of carbonyl (C=O) groups is 2. The van der Waals surface area contributed by atoms with Crippen LogP contribution in [0.3, 0.4) is 0 Å². The molecule has 0 unspecified atom stereocenters. The zero-order valence-electron chi connectivity index (χ0n) is 11.4. The van der Waals surface area contributed by atoms with Gasteiger partial charge >= 0.3 is 5.97 Å². The summed E-state index contributed by atoms with van der Waals surface area (Å²) in [5.74, 6) is 0.0703. The molecule has 108 valence electrons. The van der Waals surface area contributed by atoms with Crippen molar-refractivity contribution in [2.45, 2.75) is 6.92 Å². The Morgan fingerprint density at radius 1 is 1.05 bits per heavy atom. The number of carbonyl (C=O) groups excluding carboxylic acids is 1. The van der Waals surface area contributed by atoms with E-state index in [1.807, 2.05) is 0 Å². The van der Waals surface area contributed by atoms with Gasteiger partial charge in [0.1, 0.15) is 5.75 Å². The van der Waals surface area contributed by atoms with E-state index in [-0.39, 0.29) is 5.78 Å². The topological polar surface area (TPSA) is 72.8 Å². The number of hydrogen-bond acceptors (Lipinski definition) is 4. The minimum Gasteiger partial charge on any atom is -0.479 e. The van der Waals surface area contributed by atoms with Crippen molar-refractivity contribution in [1.29, 1.82) is 0 Å². The highest BCUT2D eigenvalue weighted by atomic mass is 16.5. The molecule has 5 heteroatoms. The van der Waals surface area contributed by atoms with Crippen molar-refractivity contribution in [2.24, 2.45) is 0 Å². The van der Waals surface area contributed by atoms with Crippen LogP contribution < -0.4 is 9.47 Å². The monoisotopic (exact) mass is 286 g/mol. The third kappa shape index (κ3) is 4.07. The van der Waals surface area contributed by atoms with Crippen LogP contribution in [-0.4, -0.2) is 23.5 Å². The van der Waals surface area contributed by atoms with E-state index in [4.69, 9.17) is 14.6 Å². The Morgan fingerprint density at radius 2 is 1.76 bits per heavy atom. The van der Waals surface area contributed by atoms with Gasteiger partial charge in [0.2, 0.25) is 0 Å². The molecule has 0 radical (unpaired) electrons. The van der Waals surface area contributed by atoms with Crippen molar-refractivity contribution < 1.29 is 24.2 Å². The number of para-hydroxylation sites is 2. The fraction of sp³-hybridized carbons (Fsp3) is 0.125. The van der Waals surface area contributed by atoms with Gasteiger partial charge in [-0.1, -0.05) is 24.3 Å². The minimum absolute atomic E-state index is 0.0594. The Labute approximate surface area is 121 Å². The Morgan fingerprint density at radius 3 is 2.43 bits per heavy atom. The van der Waals surface area contributed by atoms with E-state index < -0.39 is 12.6 Å². The highest BCUT2D eigenvalue weighted by Crippen LogP contribution is 2.31. The third-order valence-corrected chi connectivity index (χ3v) is 2.67. The van der Waals surface area contributed by atoms with Crippen molar-refractivity contribution >= 4 is 11.8 Å². The molecule has 0 bridgehead atoms. The minimum atomic E-state index is -1.07. The lowest BCUT2D eigenvalue weighted by molar-refractivity contribution is -0.139. The molecule has 0 saturated carbocycles. The number of Topliss-reactive ketones (excluding diaryl/α,β-unsaturated/α-hetero) is 1. The first kappa shape index (κ1) is 14.6. The van der Waals surface area contributed by atoms with E-state index in [9.17, 15) is 9.59 Å². The van der Waals surface area contributed by atoms with Gasteiger partial charge in [-0.2, -0.15) is 0 Å². The van der Waals surface area contributed by atoms with E-state index in [1.165, 1.54) is 6.92 Å². The lowest BCUT2D eigenvalue weighted by Crippen LogP contribution is -2.09. The molecule has 0 aliphatic heterocycles. The van der Waals surface area contributed by atoms with Gasteiger partial charge in [-0.25, -0.2) is 4.79 Å². The average molecular weight is 286 g/mol. The molecule has 0 fully saturated rings. The zero-order chi connectivity index (χ0) is 15.2. The molecule has 1 N–H and O–H groups in total. The molecule has 0 aliphatic carbocycles. The maximum atomic E-state index is 11.3. The number of carboxylic acid groups (broad SMARTS) is 1. The van der Waals surface area contributed by atoms with E-state index in [2.05, 4.69) is 0 Å².